The zero-order valence-electron chi connectivity index (χ0n) is 11.1. The summed E-state index contributed by atoms with van der Waals surface area (Å²) >= 11 is 0. The number of halogens is 1. The second-order valence-corrected chi connectivity index (χ2v) is 4.22. The molecule has 0 fully saturated rings. The van der Waals surface area contributed by atoms with Crippen LogP contribution in [-0.4, -0.2) is 24.1 Å². The van der Waals surface area contributed by atoms with Crippen LogP contribution in [-0.2, 0) is 0 Å². The highest BCUT2D eigenvalue weighted by Gasteiger charge is 2.15. The van der Waals surface area contributed by atoms with Crippen molar-refractivity contribution in [1.29, 1.82) is 0 Å². The zero-order valence-corrected chi connectivity index (χ0v) is 11.1. The minimum Gasteiger partial charge on any atom is -0.481 e. The van der Waals surface area contributed by atoms with Crippen LogP contribution in [0.5, 0.6) is 5.88 Å². The molecule has 0 saturated carbocycles. The predicted octanol–water partition coefficient (Wildman–Crippen LogP) is 2.24. The number of benzene rings is 1. The topological polar surface area (TPSA) is 47.0 Å². The number of nitrogens with one attached hydrogen (secondary N) is 1. The van der Waals surface area contributed by atoms with E-state index in [9.17, 15) is 4.39 Å². The second kappa shape index (κ2) is 5.75. The molecule has 0 spiro atoms. The van der Waals surface area contributed by atoms with Crippen LogP contribution in [0.15, 0.2) is 30.6 Å². The lowest BCUT2D eigenvalue weighted by atomic mass is 10.0. The molecule has 4 nitrogen and oxygen atoms in total. The molecule has 1 atom stereocenters. The van der Waals surface area contributed by atoms with Crippen LogP contribution in [0.4, 0.5) is 4.39 Å². The van der Waals surface area contributed by atoms with Crippen molar-refractivity contribution in [3.63, 3.8) is 0 Å². The smallest absolute Gasteiger partial charge is 0.216 e. The molecular weight excluding hydrogens is 245 g/mol. The van der Waals surface area contributed by atoms with E-state index in [1.807, 2.05) is 13.1 Å². The number of ether oxygens (including phenoxy) is 1. The molecule has 2 rings (SSSR count). The standard InChI is InChI=1S/C14H16FN3O/c1-9-6-10(4-5-11(9)15)14(16-2)12-7-13(19-3)18-8-17-12/h4-8,14,16H,1-3H3. The fourth-order valence-electron chi connectivity index (χ4n) is 1.96. The lowest BCUT2D eigenvalue weighted by Gasteiger charge is -2.17. The van der Waals surface area contributed by atoms with Crippen LogP contribution >= 0.6 is 0 Å². The van der Waals surface area contributed by atoms with E-state index >= 15 is 0 Å². The Hall–Kier alpha value is -2.01. The molecule has 0 saturated heterocycles. The Bertz CT molecular complexity index is 574. The minimum atomic E-state index is -0.209. The fraction of sp³-hybridized carbons (Fsp3) is 0.286. The quantitative estimate of drug-likeness (QED) is 0.917. The first-order valence-corrected chi connectivity index (χ1v) is 5.95. The molecule has 19 heavy (non-hydrogen) atoms. The second-order valence-electron chi connectivity index (χ2n) is 4.22. The summed E-state index contributed by atoms with van der Waals surface area (Å²) in [5.74, 6) is 0.294. The van der Waals surface area contributed by atoms with Gasteiger partial charge >= 0.3 is 0 Å². The molecule has 2 aromatic rings. The van der Waals surface area contributed by atoms with Crippen molar-refractivity contribution in [1.82, 2.24) is 15.3 Å². The maximum atomic E-state index is 13.3. The summed E-state index contributed by atoms with van der Waals surface area (Å²) in [6.07, 6.45) is 1.45. The summed E-state index contributed by atoms with van der Waals surface area (Å²) < 4.78 is 18.4. The zero-order chi connectivity index (χ0) is 13.8. The third-order valence-corrected chi connectivity index (χ3v) is 2.97. The van der Waals surface area contributed by atoms with Gasteiger partial charge in [-0.05, 0) is 31.2 Å². The van der Waals surface area contributed by atoms with Crippen molar-refractivity contribution in [2.75, 3.05) is 14.2 Å². The third-order valence-electron chi connectivity index (χ3n) is 2.97. The van der Waals surface area contributed by atoms with E-state index in [2.05, 4.69) is 15.3 Å². The summed E-state index contributed by atoms with van der Waals surface area (Å²) in [5.41, 5.74) is 2.33. The van der Waals surface area contributed by atoms with E-state index in [-0.39, 0.29) is 11.9 Å². The highest BCUT2D eigenvalue weighted by atomic mass is 19.1. The Morgan fingerprint density at radius 2 is 2.05 bits per heavy atom. The van der Waals surface area contributed by atoms with Gasteiger partial charge in [0.1, 0.15) is 12.1 Å². The molecule has 0 bridgehead atoms. The summed E-state index contributed by atoms with van der Waals surface area (Å²) in [7, 11) is 3.39. The molecule has 0 aliphatic carbocycles. The SMILES string of the molecule is CNC(c1ccc(F)c(C)c1)c1cc(OC)ncn1. The molecule has 5 heteroatoms. The van der Waals surface area contributed by atoms with Crippen molar-refractivity contribution in [2.45, 2.75) is 13.0 Å². The first-order chi connectivity index (χ1) is 9.15. The number of aromatic nitrogens is 2. The Morgan fingerprint density at radius 3 is 2.68 bits per heavy atom. The number of hydrogen-bond donors (Lipinski definition) is 1. The largest absolute Gasteiger partial charge is 0.481 e. The van der Waals surface area contributed by atoms with E-state index in [1.54, 1.807) is 26.2 Å². The molecule has 1 aromatic heterocycles. The number of methoxy groups -OCH3 is 1. The van der Waals surface area contributed by atoms with Gasteiger partial charge in [-0.15, -0.1) is 0 Å². The van der Waals surface area contributed by atoms with Crippen LogP contribution < -0.4 is 10.1 Å². The van der Waals surface area contributed by atoms with Crippen LogP contribution in [0.1, 0.15) is 22.9 Å². The average Bonchev–Trinajstić information content (AvgIpc) is 2.44. The van der Waals surface area contributed by atoms with Crippen LogP contribution in [0.3, 0.4) is 0 Å². The van der Waals surface area contributed by atoms with E-state index in [0.717, 1.165) is 11.3 Å². The number of nitrogens with zero attached hydrogens (tertiary/aromatic N) is 2. The van der Waals surface area contributed by atoms with Gasteiger partial charge in [-0.1, -0.05) is 12.1 Å². The fourth-order valence-corrected chi connectivity index (χ4v) is 1.96. The molecule has 0 radical (unpaired) electrons. The van der Waals surface area contributed by atoms with Gasteiger partial charge in [0.05, 0.1) is 18.8 Å². The van der Waals surface area contributed by atoms with Gasteiger partial charge < -0.3 is 10.1 Å². The molecule has 1 N–H and O–H groups in total. The molecule has 0 aliphatic rings. The molecule has 0 aliphatic heterocycles. The maximum Gasteiger partial charge on any atom is 0.216 e. The molecule has 1 unspecified atom stereocenters. The molecular formula is C14H16FN3O. The number of hydrogen-bond acceptors (Lipinski definition) is 4. The Labute approximate surface area is 111 Å². The van der Waals surface area contributed by atoms with Crippen molar-refractivity contribution >= 4 is 0 Å². The minimum absolute atomic E-state index is 0.129. The van der Waals surface area contributed by atoms with Gasteiger partial charge in [0.25, 0.3) is 0 Å². The van der Waals surface area contributed by atoms with Crippen molar-refractivity contribution in [3.8, 4) is 5.88 Å². The first-order valence-electron chi connectivity index (χ1n) is 5.95. The summed E-state index contributed by atoms with van der Waals surface area (Å²) in [6, 6.07) is 6.66. The number of rotatable bonds is 4. The van der Waals surface area contributed by atoms with E-state index in [0.29, 0.717) is 11.4 Å². The molecule has 1 heterocycles. The van der Waals surface area contributed by atoms with E-state index in [1.165, 1.54) is 12.4 Å². The van der Waals surface area contributed by atoms with Gasteiger partial charge in [0.2, 0.25) is 5.88 Å². The van der Waals surface area contributed by atoms with Crippen LogP contribution in [0, 0.1) is 12.7 Å². The monoisotopic (exact) mass is 261 g/mol. The third kappa shape index (κ3) is 2.88. The van der Waals surface area contributed by atoms with Crippen molar-refractivity contribution in [2.24, 2.45) is 0 Å². The van der Waals surface area contributed by atoms with Gasteiger partial charge in [-0.25, -0.2) is 14.4 Å². The van der Waals surface area contributed by atoms with Crippen molar-refractivity contribution < 1.29 is 9.13 Å². The van der Waals surface area contributed by atoms with Gasteiger partial charge in [0.15, 0.2) is 0 Å². The number of aryl methyl sites for hydroxylation is 1. The lowest BCUT2D eigenvalue weighted by Crippen LogP contribution is -2.19. The summed E-state index contributed by atoms with van der Waals surface area (Å²) in [5, 5.41) is 3.16. The van der Waals surface area contributed by atoms with Gasteiger partial charge in [-0.2, -0.15) is 0 Å². The highest BCUT2D eigenvalue weighted by Crippen LogP contribution is 2.23. The Kier molecular flexibility index (Phi) is 4.06. The van der Waals surface area contributed by atoms with Gasteiger partial charge in [0, 0.05) is 6.07 Å². The highest BCUT2D eigenvalue weighted by molar-refractivity contribution is 5.32. The molecule has 0 amide bonds. The predicted molar refractivity (Wildman–Crippen MR) is 70.6 cm³/mol. The summed E-state index contributed by atoms with van der Waals surface area (Å²) in [6.45, 7) is 1.74. The van der Waals surface area contributed by atoms with Gasteiger partial charge in [-0.3, -0.25) is 0 Å². The van der Waals surface area contributed by atoms with Crippen LogP contribution in [0.25, 0.3) is 0 Å². The maximum absolute atomic E-state index is 13.3. The Morgan fingerprint density at radius 1 is 1.26 bits per heavy atom. The summed E-state index contributed by atoms with van der Waals surface area (Å²) in [4.78, 5) is 8.22. The molecule has 100 valence electrons. The van der Waals surface area contributed by atoms with Crippen molar-refractivity contribution in [3.05, 3.63) is 53.2 Å². The molecule has 1 aromatic carbocycles. The van der Waals surface area contributed by atoms with E-state index in [4.69, 9.17) is 4.74 Å². The normalized spacial score (nSPS) is 12.2. The lowest BCUT2D eigenvalue weighted by molar-refractivity contribution is 0.395. The Balaban J connectivity index is 2.40. The average molecular weight is 261 g/mol. The van der Waals surface area contributed by atoms with E-state index < -0.39 is 0 Å². The first kappa shape index (κ1) is 13.4. The van der Waals surface area contributed by atoms with Crippen LogP contribution in [0.2, 0.25) is 0 Å².